The van der Waals surface area contributed by atoms with Gasteiger partial charge in [-0.2, -0.15) is 0 Å². The molecular weight excluding hydrogens is 438 g/mol. The molecule has 4 fully saturated rings. The van der Waals surface area contributed by atoms with Crippen LogP contribution in [0, 0.1) is 11.8 Å². The summed E-state index contributed by atoms with van der Waals surface area (Å²) in [6.45, 7) is 20.7. The molecule has 0 amide bonds. The molecule has 0 aromatic rings. The quantitative estimate of drug-likeness (QED) is 0.416. The second-order valence-electron chi connectivity index (χ2n) is 11.8. The first-order valence-corrected chi connectivity index (χ1v) is 12.6. The van der Waals surface area contributed by atoms with Crippen molar-refractivity contribution in [3.8, 4) is 0 Å². The Bertz CT molecular complexity index is 685. The smallest absolute Gasteiger partial charge is 0.462 e. The number of esters is 2. The monoisotopic (exact) mass is 480 g/mol. The number of hydrogen-bond acceptors (Lipinski definition) is 8. The predicted molar refractivity (Wildman–Crippen MR) is 129 cm³/mol. The van der Waals surface area contributed by atoms with E-state index in [1.807, 2.05) is 69.2 Å². The van der Waals surface area contributed by atoms with Gasteiger partial charge in [0.05, 0.1) is 47.5 Å². The lowest BCUT2D eigenvalue weighted by atomic mass is 9.80. The molecule has 4 atom stereocenters. The summed E-state index contributed by atoms with van der Waals surface area (Å²) in [5.74, 6) is 0.0129. The zero-order chi connectivity index (χ0) is 25.7. The lowest BCUT2D eigenvalue weighted by Crippen LogP contribution is -2.41. The van der Waals surface area contributed by atoms with Crippen LogP contribution in [-0.4, -0.2) is 61.8 Å². The summed E-state index contributed by atoms with van der Waals surface area (Å²) in [7, 11) is -0.538. The minimum Gasteiger partial charge on any atom is -0.466 e. The predicted octanol–water partition coefficient (Wildman–Crippen LogP) is 4.06. The Hall–Kier alpha value is -1.09. The molecule has 4 aliphatic rings. The topological polar surface area (TPSA) is 89.5 Å². The molecule has 8 nitrogen and oxygen atoms in total. The molecule has 192 valence electrons. The van der Waals surface area contributed by atoms with Gasteiger partial charge in [0.15, 0.2) is 0 Å². The van der Waals surface area contributed by atoms with Crippen LogP contribution in [0.4, 0.5) is 0 Å². The molecule has 0 spiro atoms. The van der Waals surface area contributed by atoms with Gasteiger partial charge in [0, 0.05) is 11.6 Å². The fourth-order valence-electron chi connectivity index (χ4n) is 4.20. The molecule has 34 heavy (non-hydrogen) atoms. The van der Waals surface area contributed by atoms with Crippen LogP contribution in [0.1, 0.15) is 82.1 Å². The maximum atomic E-state index is 11.6. The summed E-state index contributed by atoms with van der Waals surface area (Å²) < 4.78 is 33.7. The Morgan fingerprint density at radius 3 is 1.15 bits per heavy atom. The zero-order valence-corrected chi connectivity index (χ0v) is 22.6. The van der Waals surface area contributed by atoms with Gasteiger partial charge < -0.3 is 28.1 Å². The van der Waals surface area contributed by atoms with Crippen molar-refractivity contribution < 1.29 is 37.7 Å². The van der Waals surface area contributed by atoms with Crippen molar-refractivity contribution in [2.24, 2.45) is 11.8 Å². The summed E-state index contributed by atoms with van der Waals surface area (Å²) in [5, 5.41) is 0. The molecule has 0 aromatic carbocycles. The first-order valence-electron chi connectivity index (χ1n) is 12.6. The molecule has 0 unspecified atom stereocenters. The highest BCUT2D eigenvalue weighted by Gasteiger charge is 2.63. The van der Waals surface area contributed by atoms with Crippen LogP contribution in [0.2, 0.25) is 11.6 Å². The fourth-order valence-corrected chi connectivity index (χ4v) is 4.20. The minimum absolute atomic E-state index is 0.0374. The van der Waals surface area contributed by atoms with Crippen LogP contribution >= 0.6 is 0 Å². The van der Waals surface area contributed by atoms with Crippen molar-refractivity contribution in [1.29, 1.82) is 0 Å². The summed E-state index contributed by atoms with van der Waals surface area (Å²) in [6, 6.07) is 0. The van der Waals surface area contributed by atoms with Gasteiger partial charge in [0.2, 0.25) is 0 Å². The van der Waals surface area contributed by atoms with E-state index in [1.54, 1.807) is 0 Å². The Balaban J connectivity index is 0.000000191. The van der Waals surface area contributed by atoms with Gasteiger partial charge in [-0.25, -0.2) is 0 Å². The third-order valence-corrected chi connectivity index (χ3v) is 8.10. The van der Waals surface area contributed by atoms with E-state index in [-0.39, 0.29) is 72.0 Å². The van der Waals surface area contributed by atoms with Crippen LogP contribution in [0.25, 0.3) is 0 Å². The van der Waals surface area contributed by atoms with Crippen LogP contribution in [0.3, 0.4) is 0 Å². The van der Waals surface area contributed by atoms with E-state index in [4.69, 9.17) is 28.1 Å². The molecule has 0 radical (unpaired) electrons. The molecule has 0 N–H and O–H groups in total. The highest BCUT2D eigenvalue weighted by atomic mass is 16.7. The van der Waals surface area contributed by atoms with Crippen molar-refractivity contribution in [3.63, 3.8) is 0 Å². The summed E-state index contributed by atoms with van der Waals surface area (Å²) in [6.07, 6.45) is 1.63. The highest BCUT2D eigenvalue weighted by molar-refractivity contribution is 6.50. The van der Waals surface area contributed by atoms with Gasteiger partial charge in [-0.15, -0.1) is 0 Å². The molecule has 0 bridgehead atoms. The van der Waals surface area contributed by atoms with Crippen molar-refractivity contribution in [1.82, 2.24) is 0 Å². The standard InChI is InChI=1S/2C12H21BO4/c2*1-6-15-10(14)8-7-9(8)13-16-11(2,3)12(4,5)17-13/h2*8-9H,6-7H2,1-5H3/t2*8-,9+/m10/s1. The van der Waals surface area contributed by atoms with Crippen molar-refractivity contribution in [2.75, 3.05) is 13.2 Å². The largest absolute Gasteiger partial charge is 0.466 e. The third kappa shape index (κ3) is 5.50. The van der Waals surface area contributed by atoms with Gasteiger partial charge in [0.1, 0.15) is 0 Å². The van der Waals surface area contributed by atoms with Crippen LogP contribution < -0.4 is 0 Å². The van der Waals surface area contributed by atoms with Gasteiger partial charge in [-0.3, -0.25) is 9.59 Å². The van der Waals surface area contributed by atoms with E-state index < -0.39 is 0 Å². The SMILES string of the molecule is CCOC(=O)[C@@H]1C[C@@H]1B1OC(C)(C)C(C)(C)O1.CCOC(=O)[C@H]1C[C@H]1B1OC(C)(C)C(C)(C)O1. The molecule has 10 heteroatoms. The van der Waals surface area contributed by atoms with E-state index in [2.05, 4.69) is 0 Å². The Labute approximate surface area is 205 Å². The second kappa shape index (κ2) is 9.41. The summed E-state index contributed by atoms with van der Waals surface area (Å²) in [4.78, 5) is 23.1. The molecule has 0 aromatic heterocycles. The molecule has 4 rings (SSSR count). The third-order valence-electron chi connectivity index (χ3n) is 8.10. The van der Waals surface area contributed by atoms with Crippen LogP contribution in [0.15, 0.2) is 0 Å². The van der Waals surface area contributed by atoms with Crippen LogP contribution in [-0.2, 0) is 37.7 Å². The van der Waals surface area contributed by atoms with Gasteiger partial charge >= 0.3 is 26.2 Å². The summed E-state index contributed by atoms with van der Waals surface area (Å²) in [5.41, 5.74) is -1.28. The molecule has 2 aliphatic heterocycles. The van der Waals surface area contributed by atoms with E-state index in [9.17, 15) is 9.59 Å². The van der Waals surface area contributed by atoms with Crippen LogP contribution in [0.5, 0.6) is 0 Å². The maximum Gasteiger partial charge on any atom is 0.462 e. The zero-order valence-electron chi connectivity index (χ0n) is 22.6. The molecule has 2 heterocycles. The average Bonchev–Trinajstić information content (AvgIpc) is 3.58. The Morgan fingerprint density at radius 2 is 0.912 bits per heavy atom. The molecular formula is C24H42B2O8. The number of carbonyl (C=O) groups excluding carboxylic acids is 2. The Kier molecular flexibility index (Phi) is 7.61. The second-order valence-corrected chi connectivity index (χ2v) is 11.8. The number of carbonyl (C=O) groups is 2. The first kappa shape index (κ1) is 27.5. The first-order chi connectivity index (χ1) is 15.6. The van der Waals surface area contributed by atoms with Gasteiger partial charge in [-0.1, -0.05) is 0 Å². The Morgan fingerprint density at radius 1 is 0.647 bits per heavy atom. The number of hydrogen-bond donors (Lipinski definition) is 0. The van der Waals surface area contributed by atoms with Crippen molar-refractivity contribution >= 4 is 26.2 Å². The lowest BCUT2D eigenvalue weighted by molar-refractivity contribution is -0.145. The molecule has 2 saturated heterocycles. The van der Waals surface area contributed by atoms with E-state index in [1.165, 1.54) is 0 Å². The number of rotatable bonds is 6. The molecule has 2 saturated carbocycles. The average molecular weight is 480 g/mol. The van der Waals surface area contributed by atoms with E-state index >= 15 is 0 Å². The van der Waals surface area contributed by atoms with Gasteiger partial charge in [-0.05, 0) is 82.1 Å². The normalized spacial score (nSPS) is 33.6. The lowest BCUT2D eigenvalue weighted by Gasteiger charge is -2.32. The van der Waals surface area contributed by atoms with E-state index in [0.29, 0.717) is 13.2 Å². The molecule has 2 aliphatic carbocycles. The highest BCUT2D eigenvalue weighted by Crippen LogP contribution is 2.54. The maximum absolute atomic E-state index is 11.6. The van der Waals surface area contributed by atoms with Crippen molar-refractivity contribution in [2.45, 2.75) is 116 Å². The van der Waals surface area contributed by atoms with Crippen molar-refractivity contribution in [3.05, 3.63) is 0 Å². The van der Waals surface area contributed by atoms with E-state index in [0.717, 1.165) is 12.8 Å². The number of ether oxygens (including phenoxy) is 2. The minimum atomic E-state index is -0.320. The fraction of sp³-hybridized carbons (Fsp3) is 0.917. The summed E-state index contributed by atoms with van der Waals surface area (Å²) >= 11 is 0. The van der Waals surface area contributed by atoms with Gasteiger partial charge in [0.25, 0.3) is 0 Å².